The van der Waals surface area contributed by atoms with Gasteiger partial charge in [0.1, 0.15) is 11.5 Å². The van der Waals surface area contributed by atoms with E-state index < -0.39 is 69.5 Å². The number of aromatic hydroxyl groups is 1. The minimum absolute atomic E-state index is 0.0133. The number of allylic oxidation sites excluding steroid dienone is 3. The molecule has 0 unspecified atom stereocenters. The van der Waals surface area contributed by atoms with E-state index in [0.717, 1.165) is 17.0 Å². The van der Waals surface area contributed by atoms with Crippen molar-refractivity contribution in [3.63, 3.8) is 0 Å². The minimum atomic E-state index is -4.75. The first kappa shape index (κ1) is 37.9. The Bertz CT molecular complexity index is 2490. The number of nitrogens with zero attached hydrogens (tertiary/aromatic N) is 3. The molecule has 0 radical (unpaired) electrons. The number of nitrogens with one attached hydrogen (secondary N) is 1. The first-order chi connectivity index (χ1) is 27.7. The molecule has 58 heavy (non-hydrogen) atoms. The van der Waals surface area contributed by atoms with Crippen LogP contribution in [0.25, 0.3) is 0 Å². The molecule has 4 amide bonds. The zero-order chi connectivity index (χ0) is 40.8. The van der Waals surface area contributed by atoms with Crippen molar-refractivity contribution in [3.8, 4) is 11.5 Å². The summed E-state index contributed by atoms with van der Waals surface area (Å²) in [5.41, 5.74) is 3.52. The monoisotopic (exact) mass is 828 g/mol. The van der Waals surface area contributed by atoms with Gasteiger partial charge in [-0.25, -0.2) is 4.98 Å². The third kappa shape index (κ3) is 5.72. The minimum Gasteiger partial charge on any atom is -0.508 e. The van der Waals surface area contributed by atoms with Gasteiger partial charge in [-0.2, -0.15) is 18.2 Å². The number of alkyl halides is 3. The van der Waals surface area contributed by atoms with Crippen LogP contribution < -0.4 is 15.1 Å². The number of amides is 4. The van der Waals surface area contributed by atoms with Crippen molar-refractivity contribution in [1.29, 1.82) is 0 Å². The number of halogens is 5. The second-order valence-electron chi connectivity index (χ2n) is 15.2. The molecule has 296 valence electrons. The van der Waals surface area contributed by atoms with E-state index in [4.69, 9.17) is 27.9 Å². The molecular weight excluding hydrogens is 796 g/mol. The topological polar surface area (TPSA) is 129 Å². The molecule has 10 nitrogen and oxygen atoms in total. The maximum absolute atomic E-state index is 15.5. The van der Waals surface area contributed by atoms with Gasteiger partial charge in [0.05, 0.1) is 45.7 Å². The van der Waals surface area contributed by atoms with Gasteiger partial charge < -0.3 is 9.84 Å². The van der Waals surface area contributed by atoms with E-state index in [0.29, 0.717) is 51.0 Å². The lowest BCUT2D eigenvalue weighted by atomic mass is 9.48. The number of phenolic OH excluding ortho intramolecular Hbond substituents is 1. The van der Waals surface area contributed by atoms with Gasteiger partial charge in [-0.15, -0.1) is 0 Å². The molecule has 2 saturated heterocycles. The summed E-state index contributed by atoms with van der Waals surface area (Å²) in [5, 5.41) is 11.1. The Morgan fingerprint density at radius 1 is 0.948 bits per heavy atom. The molecule has 6 atom stereocenters. The lowest BCUT2D eigenvalue weighted by Crippen LogP contribution is -2.55. The second-order valence-corrected chi connectivity index (χ2v) is 16.1. The fourth-order valence-corrected chi connectivity index (χ4v) is 10.1. The summed E-state index contributed by atoms with van der Waals surface area (Å²) < 4.78 is 46.8. The van der Waals surface area contributed by atoms with E-state index in [1.165, 1.54) is 17.2 Å². The van der Waals surface area contributed by atoms with Crippen molar-refractivity contribution in [3.05, 3.63) is 135 Å². The van der Waals surface area contributed by atoms with Crippen LogP contribution in [0.3, 0.4) is 0 Å². The Balaban J connectivity index is 1.21. The Kier molecular flexibility index (Phi) is 8.97. The zero-order valence-electron chi connectivity index (χ0n) is 30.6. The normalized spacial score (nSPS) is 26.3. The molecular formula is C43H33Cl2F3N4O6. The van der Waals surface area contributed by atoms with E-state index in [9.17, 15) is 32.7 Å². The number of pyridine rings is 1. The van der Waals surface area contributed by atoms with Crippen LogP contribution in [0.2, 0.25) is 10.0 Å². The lowest BCUT2D eigenvalue weighted by Gasteiger charge is -2.51. The maximum atomic E-state index is 15.5. The summed E-state index contributed by atoms with van der Waals surface area (Å²) in [5.74, 6) is -6.58. The third-order valence-electron chi connectivity index (χ3n) is 12.3. The molecule has 0 spiro atoms. The molecule has 3 aliphatic heterocycles. The quantitative estimate of drug-likeness (QED) is 0.147. The molecule has 2 aliphatic carbocycles. The first-order valence-corrected chi connectivity index (χ1v) is 19.5. The number of hydrazine groups is 1. The fraction of sp³-hybridized carbons (Fsp3) is 0.279. The molecule has 15 heteroatoms. The Morgan fingerprint density at radius 3 is 2.38 bits per heavy atom. The van der Waals surface area contributed by atoms with Gasteiger partial charge in [0.15, 0.2) is 5.82 Å². The predicted octanol–water partition coefficient (Wildman–Crippen LogP) is 8.22. The number of hydrogen-bond donors (Lipinski definition) is 2. The largest absolute Gasteiger partial charge is 0.508 e. The number of hydrogen-bond acceptors (Lipinski definition) is 8. The molecule has 2 N–H and O–H groups in total. The van der Waals surface area contributed by atoms with Crippen molar-refractivity contribution in [2.24, 2.45) is 29.6 Å². The smallest absolute Gasteiger partial charge is 0.417 e. The summed E-state index contributed by atoms with van der Waals surface area (Å²) in [7, 11) is 0. The summed E-state index contributed by atoms with van der Waals surface area (Å²) in [4.78, 5) is 64.3. The Morgan fingerprint density at radius 2 is 1.69 bits per heavy atom. The van der Waals surface area contributed by atoms with Gasteiger partial charge in [-0.05, 0) is 90.4 Å². The Labute approximate surface area is 339 Å². The highest BCUT2D eigenvalue weighted by Crippen LogP contribution is 2.63. The molecule has 0 bridgehead atoms. The average Bonchev–Trinajstić information content (AvgIpc) is 3.58. The number of phenols is 1. The van der Waals surface area contributed by atoms with Crippen LogP contribution in [0.15, 0.2) is 102 Å². The van der Waals surface area contributed by atoms with E-state index in [2.05, 4.69) is 10.4 Å². The van der Waals surface area contributed by atoms with Crippen LogP contribution in [0.5, 0.6) is 11.5 Å². The molecule has 3 aromatic carbocycles. The SMILES string of the molecule is CCc1ccc(N2C(=O)[C@H]3[C@H](CC=C4[C@H](C5=COc6ccc(O)cc6C5)[C@]5(c6ccc(Cl)cc6)C(=O)N(Nc6ncc(C(F)(F)F)cc6Cl)C(=O)[C@@H]5C[C@H]43)C2=O)cc1. The van der Waals surface area contributed by atoms with Crippen LogP contribution in [-0.4, -0.2) is 38.7 Å². The number of imide groups is 2. The number of rotatable bonds is 6. The highest BCUT2D eigenvalue weighted by Gasteiger charge is 2.71. The molecule has 4 heterocycles. The van der Waals surface area contributed by atoms with Crippen LogP contribution in [0, 0.1) is 29.6 Å². The predicted molar refractivity (Wildman–Crippen MR) is 206 cm³/mol. The number of aromatic nitrogens is 1. The summed E-state index contributed by atoms with van der Waals surface area (Å²) >= 11 is 12.7. The van der Waals surface area contributed by atoms with E-state index in [1.807, 2.05) is 25.1 Å². The number of ether oxygens (including phenoxy) is 1. The number of anilines is 2. The summed E-state index contributed by atoms with van der Waals surface area (Å²) in [6.07, 6.45) is 0.322. The maximum Gasteiger partial charge on any atom is 0.417 e. The van der Waals surface area contributed by atoms with Crippen LogP contribution in [0.1, 0.15) is 42.0 Å². The Hall–Kier alpha value is -5.66. The number of aryl methyl sites for hydroxylation is 1. The summed E-state index contributed by atoms with van der Waals surface area (Å²) in [6.45, 7) is 2.00. The first-order valence-electron chi connectivity index (χ1n) is 18.7. The van der Waals surface area contributed by atoms with Crippen LogP contribution in [-0.2, 0) is 43.6 Å². The van der Waals surface area contributed by atoms with Crippen molar-refractivity contribution in [1.82, 2.24) is 9.99 Å². The number of carbonyl (C=O) groups excluding carboxylic acids is 4. The second kappa shape index (κ2) is 13.7. The standard InChI is InChI=1S/C43H33Cl2F3N4O6/c1-2-21-3-9-27(10-4-21)51-38(54)30-13-12-29-31(35(30)40(51)56)18-32-39(55)52(50-37-33(45)17-25(19-49-37)43(46,47)48)41(57)42(32,24-5-7-26(44)8-6-24)36(29)23-15-22-16-28(53)11-14-34(22)58-20-23/h3-12,14,16-17,19-20,30-32,35-36,53H,2,13,15,18H2,1H3,(H,49,50)/t30-,31+,32-,35-,36-,42+/m0/s1. The van der Waals surface area contributed by atoms with Crippen molar-refractivity contribution < 1.29 is 42.2 Å². The van der Waals surface area contributed by atoms with Crippen LogP contribution >= 0.6 is 23.2 Å². The third-order valence-corrected chi connectivity index (χ3v) is 12.8. The van der Waals surface area contributed by atoms with Gasteiger partial charge in [0.2, 0.25) is 11.8 Å². The van der Waals surface area contributed by atoms with Crippen LogP contribution in [0.4, 0.5) is 24.7 Å². The summed E-state index contributed by atoms with van der Waals surface area (Å²) in [6, 6.07) is 19.0. The molecule has 1 aromatic heterocycles. The molecule has 9 rings (SSSR count). The lowest BCUT2D eigenvalue weighted by molar-refractivity contribution is -0.139. The fourth-order valence-electron chi connectivity index (χ4n) is 9.73. The van der Waals surface area contributed by atoms with Gasteiger partial charge in [-0.1, -0.05) is 66.0 Å². The average molecular weight is 830 g/mol. The van der Waals surface area contributed by atoms with Crippen molar-refractivity contribution in [2.45, 2.75) is 44.2 Å². The van der Waals surface area contributed by atoms with E-state index in [-0.39, 0.29) is 36.7 Å². The number of benzene rings is 3. The number of fused-ring (bicyclic) bond motifs is 5. The molecule has 5 aliphatic rings. The highest BCUT2D eigenvalue weighted by molar-refractivity contribution is 6.33. The number of carbonyl (C=O) groups is 4. The molecule has 1 saturated carbocycles. The zero-order valence-corrected chi connectivity index (χ0v) is 32.1. The van der Waals surface area contributed by atoms with Gasteiger partial charge >= 0.3 is 6.18 Å². The van der Waals surface area contributed by atoms with Gasteiger partial charge in [0.25, 0.3) is 11.8 Å². The van der Waals surface area contributed by atoms with Gasteiger partial charge in [-0.3, -0.25) is 29.5 Å². The van der Waals surface area contributed by atoms with Gasteiger partial charge in [0, 0.05) is 29.1 Å². The van der Waals surface area contributed by atoms with E-state index in [1.54, 1.807) is 48.5 Å². The molecule has 3 fully saturated rings. The highest BCUT2D eigenvalue weighted by atomic mass is 35.5. The molecule has 4 aromatic rings. The van der Waals surface area contributed by atoms with Crippen molar-refractivity contribution >= 4 is 58.3 Å². The van der Waals surface area contributed by atoms with E-state index >= 15 is 4.79 Å². The van der Waals surface area contributed by atoms with Crippen molar-refractivity contribution in [2.75, 3.05) is 10.3 Å².